The minimum atomic E-state index is -4.47. The molecule has 4 nitrogen and oxygen atoms in total. The van der Waals surface area contributed by atoms with Gasteiger partial charge in [-0.3, -0.25) is 0 Å². The first kappa shape index (κ1) is 18.6. The highest BCUT2D eigenvalue weighted by Gasteiger charge is 2.31. The molecule has 0 saturated carbocycles. The summed E-state index contributed by atoms with van der Waals surface area (Å²) in [7, 11) is 0. The Morgan fingerprint density at radius 2 is 2.00 bits per heavy atom. The van der Waals surface area contributed by atoms with Gasteiger partial charge in [-0.15, -0.1) is 0 Å². The molecule has 0 heterocycles. The van der Waals surface area contributed by atoms with Gasteiger partial charge in [0.1, 0.15) is 0 Å². The average molecular weight is 336 g/mol. The fraction of sp³-hybridized carbons (Fsp3) is 0.500. The molecule has 0 unspecified atom stereocenters. The first-order valence-electron chi connectivity index (χ1n) is 6.49. The van der Waals surface area contributed by atoms with E-state index in [1.54, 1.807) is 13.8 Å². The van der Waals surface area contributed by atoms with Gasteiger partial charge in [0.05, 0.1) is 11.2 Å². The fourth-order valence-corrected chi connectivity index (χ4v) is 2.46. The van der Waals surface area contributed by atoms with Crippen LogP contribution in [0.4, 0.5) is 23.7 Å². The van der Waals surface area contributed by atoms with Gasteiger partial charge in [0.25, 0.3) is 0 Å². The van der Waals surface area contributed by atoms with Gasteiger partial charge in [0.15, 0.2) is 0 Å². The number of benzene rings is 1. The molecule has 1 rings (SSSR count). The van der Waals surface area contributed by atoms with Crippen molar-refractivity contribution in [3.63, 3.8) is 0 Å². The lowest BCUT2D eigenvalue weighted by Crippen LogP contribution is -2.44. The van der Waals surface area contributed by atoms with Gasteiger partial charge in [0.2, 0.25) is 0 Å². The smallest absolute Gasteiger partial charge is 0.387 e. The van der Waals surface area contributed by atoms with Crippen molar-refractivity contribution in [2.24, 2.45) is 0 Å². The number of rotatable bonds is 5. The molecule has 0 aliphatic heterocycles. The maximum absolute atomic E-state index is 12.7. The van der Waals surface area contributed by atoms with Crippen LogP contribution in [0.5, 0.6) is 0 Å². The molecule has 2 amide bonds. The van der Waals surface area contributed by atoms with Crippen LogP contribution in [0, 0.1) is 6.92 Å². The molecule has 0 aromatic heterocycles. The Morgan fingerprint density at radius 3 is 2.55 bits per heavy atom. The summed E-state index contributed by atoms with van der Waals surface area (Å²) in [5, 5.41) is 14.7. The van der Waals surface area contributed by atoms with E-state index >= 15 is 0 Å². The van der Waals surface area contributed by atoms with E-state index in [1.165, 1.54) is 17.8 Å². The van der Waals surface area contributed by atoms with Crippen molar-refractivity contribution in [1.29, 1.82) is 0 Å². The number of urea groups is 1. The third-order valence-electron chi connectivity index (χ3n) is 2.90. The van der Waals surface area contributed by atoms with E-state index in [0.29, 0.717) is 11.3 Å². The molecule has 0 aliphatic carbocycles. The van der Waals surface area contributed by atoms with Crippen molar-refractivity contribution in [2.45, 2.75) is 25.6 Å². The number of amides is 2. The lowest BCUT2D eigenvalue weighted by Gasteiger charge is -2.22. The van der Waals surface area contributed by atoms with E-state index in [1.807, 2.05) is 6.26 Å². The molecule has 1 atom stereocenters. The zero-order valence-corrected chi connectivity index (χ0v) is 13.4. The number of halogens is 3. The number of nitrogens with one attached hydrogen (secondary N) is 2. The second kappa shape index (κ2) is 7.23. The largest absolute Gasteiger partial charge is 0.416 e. The van der Waals surface area contributed by atoms with Crippen LogP contribution in [-0.4, -0.2) is 35.3 Å². The van der Waals surface area contributed by atoms with Crippen LogP contribution in [0.2, 0.25) is 0 Å². The zero-order valence-electron chi connectivity index (χ0n) is 12.5. The topological polar surface area (TPSA) is 61.4 Å². The fourth-order valence-electron chi connectivity index (χ4n) is 1.73. The average Bonchev–Trinajstić information content (AvgIpc) is 2.38. The Morgan fingerprint density at radius 1 is 1.36 bits per heavy atom. The molecular formula is C14H19F3N2O2S. The van der Waals surface area contributed by atoms with Crippen LogP contribution >= 0.6 is 11.8 Å². The molecule has 0 radical (unpaired) electrons. The number of thioether (sulfide) groups is 1. The third kappa shape index (κ3) is 5.76. The highest BCUT2D eigenvalue weighted by Crippen LogP contribution is 2.31. The predicted molar refractivity (Wildman–Crippen MR) is 82.2 cm³/mol. The molecule has 124 valence electrons. The maximum Gasteiger partial charge on any atom is 0.416 e. The zero-order chi connectivity index (χ0) is 17.0. The summed E-state index contributed by atoms with van der Waals surface area (Å²) in [5.74, 6) is 0.426. The van der Waals surface area contributed by atoms with Crippen molar-refractivity contribution >= 4 is 23.5 Å². The van der Waals surface area contributed by atoms with Gasteiger partial charge in [-0.1, -0.05) is 6.07 Å². The van der Waals surface area contributed by atoms with Crippen LogP contribution < -0.4 is 10.6 Å². The van der Waals surface area contributed by atoms with Crippen molar-refractivity contribution in [3.8, 4) is 0 Å². The van der Waals surface area contributed by atoms with Crippen molar-refractivity contribution < 1.29 is 23.1 Å². The Bertz CT molecular complexity index is 533. The third-order valence-corrected chi connectivity index (χ3v) is 3.81. The molecule has 1 aromatic rings. The van der Waals surface area contributed by atoms with Crippen LogP contribution in [0.1, 0.15) is 18.1 Å². The quantitative estimate of drug-likeness (QED) is 0.773. The maximum atomic E-state index is 12.7. The number of aryl methyl sites for hydroxylation is 1. The number of hydrogen-bond donors (Lipinski definition) is 3. The highest BCUT2D eigenvalue weighted by molar-refractivity contribution is 7.98. The van der Waals surface area contributed by atoms with Crippen LogP contribution in [0.3, 0.4) is 0 Å². The molecule has 0 bridgehead atoms. The van der Waals surface area contributed by atoms with Crippen LogP contribution in [-0.2, 0) is 6.18 Å². The van der Waals surface area contributed by atoms with Crippen molar-refractivity contribution in [2.75, 3.05) is 23.9 Å². The van der Waals surface area contributed by atoms with Gasteiger partial charge in [-0.2, -0.15) is 24.9 Å². The summed E-state index contributed by atoms with van der Waals surface area (Å²) in [6.07, 6.45) is -2.65. The predicted octanol–water partition coefficient (Wildman–Crippen LogP) is 3.25. The molecule has 0 fully saturated rings. The first-order chi connectivity index (χ1) is 10.0. The molecule has 22 heavy (non-hydrogen) atoms. The standard InChI is InChI=1S/C14H19F3N2O2S/c1-9-4-5-10(14(15,16)17)6-11(9)19-12(20)18-7-13(2,21)8-22-3/h4-6,21H,7-8H2,1-3H3,(H2,18,19,20)/t13-/m0/s1. The minimum Gasteiger partial charge on any atom is -0.387 e. The van der Waals surface area contributed by atoms with E-state index in [-0.39, 0.29) is 12.2 Å². The summed E-state index contributed by atoms with van der Waals surface area (Å²) >= 11 is 1.42. The van der Waals surface area contributed by atoms with Crippen molar-refractivity contribution in [1.82, 2.24) is 5.32 Å². The molecule has 0 aliphatic rings. The monoisotopic (exact) mass is 336 g/mol. The summed E-state index contributed by atoms with van der Waals surface area (Å²) in [5.41, 5.74) is -1.32. The second-order valence-electron chi connectivity index (χ2n) is 5.27. The Labute approximate surface area is 131 Å². The minimum absolute atomic E-state index is 0.00230. The number of anilines is 1. The van der Waals surface area contributed by atoms with E-state index < -0.39 is 23.4 Å². The van der Waals surface area contributed by atoms with Gasteiger partial charge in [0, 0.05) is 18.0 Å². The number of alkyl halides is 3. The van der Waals surface area contributed by atoms with Crippen LogP contribution in [0.25, 0.3) is 0 Å². The molecule has 3 N–H and O–H groups in total. The molecule has 1 aromatic carbocycles. The SMILES string of the molecule is CSC[C@@](C)(O)CNC(=O)Nc1cc(C(F)(F)F)ccc1C. The number of carbonyl (C=O) groups is 1. The van der Waals surface area contributed by atoms with E-state index in [2.05, 4.69) is 10.6 Å². The summed E-state index contributed by atoms with van der Waals surface area (Å²) in [6.45, 7) is 3.16. The normalized spacial score (nSPS) is 14.3. The van der Waals surface area contributed by atoms with Gasteiger partial charge < -0.3 is 15.7 Å². The number of aliphatic hydroxyl groups is 1. The number of carbonyl (C=O) groups excluding carboxylic acids is 1. The lowest BCUT2D eigenvalue weighted by atomic mass is 10.1. The summed E-state index contributed by atoms with van der Waals surface area (Å²) < 4.78 is 38.0. The van der Waals surface area contributed by atoms with Gasteiger partial charge >= 0.3 is 12.2 Å². The molecule has 0 spiro atoms. The van der Waals surface area contributed by atoms with Gasteiger partial charge in [-0.25, -0.2) is 4.79 Å². The van der Waals surface area contributed by atoms with Crippen LogP contribution in [0.15, 0.2) is 18.2 Å². The number of hydrogen-bond acceptors (Lipinski definition) is 3. The van der Waals surface area contributed by atoms with E-state index in [4.69, 9.17) is 0 Å². The van der Waals surface area contributed by atoms with E-state index in [9.17, 15) is 23.1 Å². The highest BCUT2D eigenvalue weighted by atomic mass is 32.2. The lowest BCUT2D eigenvalue weighted by molar-refractivity contribution is -0.137. The Kier molecular flexibility index (Phi) is 6.13. The van der Waals surface area contributed by atoms with E-state index in [0.717, 1.165) is 12.1 Å². The van der Waals surface area contributed by atoms with Gasteiger partial charge in [-0.05, 0) is 37.8 Å². The molecule has 0 saturated heterocycles. The Hall–Kier alpha value is -1.41. The first-order valence-corrected chi connectivity index (χ1v) is 7.88. The second-order valence-corrected chi connectivity index (χ2v) is 6.13. The molecular weight excluding hydrogens is 317 g/mol. The summed E-state index contributed by atoms with van der Waals surface area (Å²) in [6, 6.07) is 2.47. The van der Waals surface area contributed by atoms with Crippen molar-refractivity contribution in [3.05, 3.63) is 29.3 Å². The summed E-state index contributed by atoms with van der Waals surface area (Å²) in [4.78, 5) is 11.8. The Balaban J connectivity index is 2.72. The molecule has 8 heteroatoms.